The lowest BCUT2D eigenvalue weighted by molar-refractivity contribution is -0.0248. The summed E-state index contributed by atoms with van der Waals surface area (Å²) in [5.41, 5.74) is -0.530. The molecule has 10 heteroatoms. The van der Waals surface area contributed by atoms with Crippen molar-refractivity contribution in [1.82, 2.24) is 24.2 Å². The summed E-state index contributed by atoms with van der Waals surface area (Å²) < 4.78 is 15.9. The average Bonchev–Trinajstić information content (AvgIpc) is 3.10. The molecule has 3 aromatic rings. The third-order valence-electron chi connectivity index (χ3n) is 5.03. The Kier molecular flexibility index (Phi) is 4.64. The van der Waals surface area contributed by atoms with Gasteiger partial charge in [0.1, 0.15) is 17.5 Å². The van der Waals surface area contributed by atoms with Crippen molar-refractivity contribution in [3.8, 4) is 5.69 Å². The number of likely N-dealkylation sites (tertiary alicyclic amines) is 1. The van der Waals surface area contributed by atoms with Crippen LogP contribution in [0, 0.1) is 5.82 Å². The van der Waals surface area contributed by atoms with Crippen LogP contribution >= 0.6 is 11.6 Å². The first-order valence-electron chi connectivity index (χ1n) is 8.72. The maximum absolute atomic E-state index is 13.1. The van der Waals surface area contributed by atoms with Gasteiger partial charge in [0, 0.05) is 13.1 Å². The van der Waals surface area contributed by atoms with Gasteiger partial charge in [0.05, 0.1) is 24.0 Å². The number of fused-ring (bicyclic) bond motifs is 1. The Morgan fingerprint density at radius 1 is 1.25 bits per heavy atom. The molecule has 0 atom stereocenters. The molecule has 1 amide bonds. The van der Waals surface area contributed by atoms with E-state index in [4.69, 9.17) is 11.6 Å². The van der Waals surface area contributed by atoms with Gasteiger partial charge < -0.3 is 10.0 Å². The maximum atomic E-state index is 13.1. The van der Waals surface area contributed by atoms with E-state index in [-0.39, 0.29) is 17.9 Å². The molecular formula is C18H17ClFN5O3. The Bertz CT molecular complexity index is 1090. The molecule has 0 aliphatic carbocycles. The van der Waals surface area contributed by atoms with E-state index >= 15 is 0 Å². The molecule has 4 rings (SSSR count). The number of amides is 1. The van der Waals surface area contributed by atoms with Crippen molar-refractivity contribution in [2.45, 2.75) is 25.0 Å². The maximum Gasteiger partial charge on any atom is 0.316 e. The van der Waals surface area contributed by atoms with Gasteiger partial charge in [-0.15, -0.1) is 0 Å². The van der Waals surface area contributed by atoms with E-state index in [2.05, 4.69) is 10.1 Å². The summed E-state index contributed by atoms with van der Waals surface area (Å²) in [5.74, 6) is -0.370. The second-order valence-corrected chi connectivity index (χ2v) is 7.24. The number of aromatic nitrogens is 4. The van der Waals surface area contributed by atoms with Crippen LogP contribution in [0.1, 0.15) is 12.8 Å². The first-order valence-corrected chi connectivity index (χ1v) is 9.10. The van der Waals surface area contributed by atoms with Crippen LogP contribution in [0.3, 0.4) is 0 Å². The Hall–Kier alpha value is -2.78. The zero-order valence-electron chi connectivity index (χ0n) is 14.8. The molecule has 2 aromatic heterocycles. The first-order chi connectivity index (χ1) is 13.4. The molecular weight excluding hydrogens is 389 g/mol. The molecule has 1 N–H and O–H groups in total. The molecule has 1 fully saturated rings. The quantitative estimate of drug-likeness (QED) is 0.530. The van der Waals surface area contributed by atoms with Crippen LogP contribution in [-0.2, 0) is 6.54 Å². The number of carbonyl (C=O) groups excluding carboxylic acids is 1. The monoisotopic (exact) mass is 405 g/mol. The normalized spacial score (nSPS) is 16.5. The fourth-order valence-electron chi connectivity index (χ4n) is 3.41. The van der Waals surface area contributed by atoms with Crippen LogP contribution in [0.2, 0.25) is 0 Å². The SMILES string of the molecule is O=C(Cl)N1CCC(O)(Cn2cnc3c(cnn3-c3ccc(F)cc3)c2=O)CC1. The van der Waals surface area contributed by atoms with E-state index in [1.165, 1.54) is 38.8 Å². The van der Waals surface area contributed by atoms with Crippen molar-refractivity contribution in [2.24, 2.45) is 0 Å². The number of carbonyl (C=O) groups is 1. The van der Waals surface area contributed by atoms with Crippen molar-refractivity contribution in [1.29, 1.82) is 0 Å². The van der Waals surface area contributed by atoms with Crippen LogP contribution in [-0.4, -0.2) is 53.4 Å². The van der Waals surface area contributed by atoms with Gasteiger partial charge in [0.2, 0.25) is 0 Å². The van der Waals surface area contributed by atoms with Crippen LogP contribution in [0.4, 0.5) is 9.18 Å². The third-order valence-corrected chi connectivity index (χ3v) is 5.27. The number of halogens is 2. The summed E-state index contributed by atoms with van der Waals surface area (Å²) in [6.07, 6.45) is 3.39. The zero-order valence-corrected chi connectivity index (χ0v) is 15.5. The fraction of sp³-hybridized carbons (Fsp3) is 0.333. The van der Waals surface area contributed by atoms with Gasteiger partial charge in [-0.25, -0.2) is 14.1 Å². The molecule has 1 aliphatic heterocycles. The minimum absolute atomic E-state index is 0.0564. The lowest BCUT2D eigenvalue weighted by atomic mass is 9.91. The minimum Gasteiger partial charge on any atom is -0.388 e. The molecule has 28 heavy (non-hydrogen) atoms. The molecule has 8 nitrogen and oxygen atoms in total. The van der Waals surface area contributed by atoms with Gasteiger partial charge in [0.25, 0.3) is 5.56 Å². The second-order valence-electron chi connectivity index (χ2n) is 6.91. The molecule has 0 saturated carbocycles. The van der Waals surface area contributed by atoms with E-state index in [9.17, 15) is 19.1 Å². The topological polar surface area (TPSA) is 93.2 Å². The number of piperidine rings is 1. The molecule has 1 aliphatic rings. The fourth-order valence-corrected chi connectivity index (χ4v) is 3.58. The van der Waals surface area contributed by atoms with Gasteiger partial charge in [0.15, 0.2) is 5.65 Å². The molecule has 0 unspecified atom stereocenters. The van der Waals surface area contributed by atoms with E-state index in [1.807, 2.05) is 0 Å². The van der Waals surface area contributed by atoms with E-state index < -0.39 is 11.0 Å². The van der Waals surface area contributed by atoms with Crippen LogP contribution in [0.5, 0.6) is 0 Å². The highest BCUT2D eigenvalue weighted by Gasteiger charge is 2.34. The van der Waals surface area contributed by atoms with Crippen molar-refractivity contribution in [3.05, 3.63) is 53.0 Å². The lowest BCUT2D eigenvalue weighted by Crippen LogP contribution is -2.48. The van der Waals surface area contributed by atoms with Gasteiger partial charge >= 0.3 is 5.37 Å². The van der Waals surface area contributed by atoms with Gasteiger partial charge in [-0.3, -0.25) is 14.2 Å². The Morgan fingerprint density at radius 2 is 1.93 bits per heavy atom. The van der Waals surface area contributed by atoms with E-state index in [0.717, 1.165) is 0 Å². The Labute approximate surface area is 163 Å². The smallest absolute Gasteiger partial charge is 0.316 e. The molecule has 1 saturated heterocycles. The van der Waals surface area contributed by atoms with Crippen LogP contribution < -0.4 is 5.56 Å². The van der Waals surface area contributed by atoms with Gasteiger partial charge in [-0.05, 0) is 48.7 Å². The second kappa shape index (κ2) is 6.99. The Balaban J connectivity index is 1.62. The third kappa shape index (κ3) is 3.38. The number of rotatable bonds is 3. The molecule has 0 spiro atoms. The van der Waals surface area contributed by atoms with E-state index in [1.54, 1.807) is 12.1 Å². The lowest BCUT2D eigenvalue weighted by Gasteiger charge is -2.37. The summed E-state index contributed by atoms with van der Waals surface area (Å²) in [4.78, 5) is 29.8. The number of benzene rings is 1. The van der Waals surface area contributed by atoms with Crippen molar-refractivity contribution < 1.29 is 14.3 Å². The van der Waals surface area contributed by atoms with Crippen molar-refractivity contribution in [3.63, 3.8) is 0 Å². The summed E-state index contributed by atoms with van der Waals surface area (Å²) in [5, 5.41) is 14.7. The summed E-state index contributed by atoms with van der Waals surface area (Å²) >= 11 is 5.47. The number of hydrogen-bond acceptors (Lipinski definition) is 5. The molecule has 1 aromatic carbocycles. The molecule has 3 heterocycles. The summed E-state index contributed by atoms with van der Waals surface area (Å²) in [7, 11) is 0. The first kappa shape index (κ1) is 18.6. The highest BCUT2D eigenvalue weighted by atomic mass is 35.5. The Morgan fingerprint density at radius 3 is 2.57 bits per heavy atom. The number of nitrogens with zero attached hydrogens (tertiary/aromatic N) is 5. The predicted octanol–water partition coefficient (Wildman–Crippen LogP) is 1.91. The molecule has 146 valence electrons. The highest BCUT2D eigenvalue weighted by molar-refractivity contribution is 6.62. The zero-order chi connectivity index (χ0) is 19.9. The number of aliphatic hydroxyl groups is 1. The average molecular weight is 406 g/mol. The predicted molar refractivity (Wildman–Crippen MR) is 100 cm³/mol. The minimum atomic E-state index is -1.13. The summed E-state index contributed by atoms with van der Waals surface area (Å²) in [6, 6.07) is 5.70. The molecule has 0 bridgehead atoms. The van der Waals surface area contributed by atoms with Gasteiger partial charge in [-0.2, -0.15) is 5.10 Å². The summed E-state index contributed by atoms with van der Waals surface area (Å²) in [6.45, 7) is 0.707. The standard InChI is InChI=1S/C18H17ClFN5O3/c19-17(27)23-7-5-18(28,6-8-23)10-24-11-21-15-14(16(24)26)9-22-25(15)13-3-1-12(20)2-4-13/h1-4,9,11,28H,5-8,10H2. The molecule has 0 radical (unpaired) electrons. The van der Waals surface area contributed by atoms with Crippen LogP contribution in [0.15, 0.2) is 41.6 Å². The largest absolute Gasteiger partial charge is 0.388 e. The highest BCUT2D eigenvalue weighted by Crippen LogP contribution is 2.24. The van der Waals surface area contributed by atoms with Crippen molar-refractivity contribution >= 4 is 28.0 Å². The van der Waals surface area contributed by atoms with E-state index in [0.29, 0.717) is 42.7 Å². The number of hydrogen-bond donors (Lipinski definition) is 1. The van der Waals surface area contributed by atoms with Crippen LogP contribution in [0.25, 0.3) is 16.7 Å². The van der Waals surface area contributed by atoms with Gasteiger partial charge in [-0.1, -0.05) is 0 Å². The van der Waals surface area contributed by atoms with Crippen molar-refractivity contribution in [2.75, 3.05) is 13.1 Å².